The summed E-state index contributed by atoms with van der Waals surface area (Å²) >= 11 is 4.73. The third-order valence-corrected chi connectivity index (χ3v) is 3.56. The van der Waals surface area contributed by atoms with Gasteiger partial charge in [0.05, 0.1) is 5.92 Å². The average molecular weight is 272 g/mol. The van der Waals surface area contributed by atoms with Crippen molar-refractivity contribution >= 4 is 35.1 Å². The lowest BCUT2D eigenvalue weighted by molar-refractivity contribution is -0.147. The second kappa shape index (κ2) is 5.43. The molecule has 0 aromatic heterocycles. The first-order chi connectivity index (χ1) is 8.33. The first-order valence-corrected chi connectivity index (χ1v) is 6.14. The first-order valence-electron chi connectivity index (χ1n) is 5.73. The molecule has 0 radical (unpaired) electrons. The van der Waals surface area contributed by atoms with Crippen molar-refractivity contribution in [2.45, 2.75) is 33.1 Å². The minimum atomic E-state index is -1.22. The highest BCUT2D eigenvalue weighted by Gasteiger charge is 2.47. The maximum atomic E-state index is 11.9. The Labute approximate surface area is 110 Å². The van der Waals surface area contributed by atoms with Gasteiger partial charge in [-0.25, -0.2) is 0 Å². The third kappa shape index (κ3) is 2.66. The number of carbonyl (C=O) groups is 3. The summed E-state index contributed by atoms with van der Waals surface area (Å²) in [5.41, 5.74) is -1.22. The van der Waals surface area contributed by atoms with Gasteiger partial charge in [-0.2, -0.15) is 0 Å². The second-order valence-electron chi connectivity index (χ2n) is 4.45. The average Bonchev–Trinajstić information content (AvgIpc) is 2.28. The van der Waals surface area contributed by atoms with Crippen LogP contribution in [0.15, 0.2) is 0 Å². The summed E-state index contributed by atoms with van der Waals surface area (Å²) < 4.78 is 0. The molecule has 1 rings (SSSR count). The zero-order chi connectivity index (χ0) is 13.9. The van der Waals surface area contributed by atoms with Crippen molar-refractivity contribution < 1.29 is 19.5 Å². The van der Waals surface area contributed by atoms with Gasteiger partial charge in [0.25, 0.3) is 0 Å². The molecule has 0 unspecified atom stereocenters. The Hall–Kier alpha value is -1.50. The van der Waals surface area contributed by atoms with E-state index < -0.39 is 29.1 Å². The lowest BCUT2D eigenvalue weighted by Crippen LogP contribution is -2.62. The molecule has 2 amide bonds. The number of thiocarbonyl (C=S) groups is 1. The van der Waals surface area contributed by atoms with Crippen molar-refractivity contribution in [1.82, 2.24) is 10.6 Å². The number of carbonyl (C=O) groups excluding carboxylic acids is 2. The minimum absolute atomic E-state index is 0.000332. The maximum absolute atomic E-state index is 11.9. The van der Waals surface area contributed by atoms with Crippen LogP contribution < -0.4 is 10.6 Å². The van der Waals surface area contributed by atoms with Gasteiger partial charge in [-0.1, -0.05) is 13.8 Å². The highest BCUT2D eigenvalue weighted by atomic mass is 32.1. The van der Waals surface area contributed by atoms with E-state index in [2.05, 4.69) is 10.6 Å². The van der Waals surface area contributed by atoms with Crippen molar-refractivity contribution in [2.24, 2.45) is 11.3 Å². The van der Waals surface area contributed by atoms with Crippen LogP contribution in [0, 0.1) is 11.3 Å². The van der Waals surface area contributed by atoms with Crippen LogP contribution in [0.3, 0.4) is 0 Å². The van der Waals surface area contributed by atoms with Gasteiger partial charge in [0, 0.05) is 0 Å². The number of hydrogen-bond acceptors (Lipinski definition) is 4. The van der Waals surface area contributed by atoms with Gasteiger partial charge in [0.2, 0.25) is 11.8 Å². The lowest BCUT2D eigenvalue weighted by Gasteiger charge is -2.34. The topological polar surface area (TPSA) is 95.5 Å². The molecule has 7 heteroatoms. The molecule has 1 aliphatic heterocycles. The number of amides is 2. The summed E-state index contributed by atoms with van der Waals surface area (Å²) in [6, 6.07) is 0. The van der Waals surface area contributed by atoms with Gasteiger partial charge in [-0.05, 0) is 31.5 Å². The summed E-state index contributed by atoms with van der Waals surface area (Å²) in [7, 11) is 0. The molecule has 100 valence electrons. The molecule has 0 bridgehead atoms. The summed E-state index contributed by atoms with van der Waals surface area (Å²) in [6.07, 6.45) is 0.758. The van der Waals surface area contributed by atoms with Crippen LogP contribution in [0.2, 0.25) is 0 Å². The van der Waals surface area contributed by atoms with Gasteiger partial charge in [0.15, 0.2) is 5.11 Å². The Kier molecular flexibility index (Phi) is 4.39. The van der Waals surface area contributed by atoms with Gasteiger partial charge in [0.1, 0.15) is 5.41 Å². The highest BCUT2D eigenvalue weighted by molar-refractivity contribution is 7.80. The molecule has 1 fully saturated rings. The fourth-order valence-corrected chi connectivity index (χ4v) is 2.08. The molecule has 0 aromatic carbocycles. The zero-order valence-electron chi connectivity index (χ0n) is 10.3. The van der Waals surface area contributed by atoms with Crippen LogP contribution in [-0.4, -0.2) is 28.0 Å². The molecular formula is C11H16N2O4S. The van der Waals surface area contributed by atoms with E-state index in [1.165, 1.54) is 0 Å². The van der Waals surface area contributed by atoms with E-state index in [-0.39, 0.29) is 18.0 Å². The minimum Gasteiger partial charge on any atom is -0.481 e. The zero-order valence-corrected chi connectivity index (χ0v) is 11.1. The monoisotopic (exact) mass is 272 g/mol. The normalized spacial score (nSPS) is 20.0. The molecule has 1 aliphatic rings. The van der Waals surface area contributed by atoms with Crippen LogP contribution in [0.1, 0.15) is 33.1 Å². The Morgan fingerprint density at radius 1 is 1.39 bits per heavy atom. The number of carboxylic acid groups (broad SMARTS) is 1. The van der Waals surface area contributed by atoms with E-state index >= 15 is 0 Å². The summed E-state index contributed by atoms with van der Waals surface area (Å²) in [6.45, 7) is 3.27. The van der Waals surface area contributed by atoms with Crippen molar-refractivity contribution in [3.63, 3.8) is 0 Å². The molecule has 1 heterocycles. The molecule has 0 aliphatic carbocycles. The predicted molar refractivity (Wildman–Crippen MR) is 67.6 cm³/mol. The molecule has 6 nitrogen and oxygen atoms in total. The standard InChI is InChI=1S/C11H16N2O4S/c1-3-11(5-4-6(2)7(14)15)8(16)12-10(18)13-9(11)17/h6H,3-5H2,1-2H3,(H,14,15)(H2,12,13,16,17,18)/t6-/m1/s1. The number of hydrogen-bond donors (Lipinski definition) is 3. The van der Waals surface area contributed by atoms with Crippen LogP contribution >= 0.6 is 12.2 Å². The van der Waals surface area contributed by atoms with Gasteiger partial charge in [-0.15, -0.1) is 0 Å². The molecular weight excluding hydrogens is 256 g/mol. The fourth-order valence-electron chi connectivity index (χ4n) is 1.89. The SMILES string of the molecule is CCC1(CC[C@@H](C)C(=O)O)C(=O)NC(=S)NC1=O. The third-order valence-electron chi connectivity index (χ3n) is 3.35. The highest BCUT2D eigenvalue weighted by Crippen LogP contribution is 2.32. The van der Waals surface area contributed by atoms with E-state index in [0.29, 0.717) is 6.42 Å². The largest absolute Gasteiger partial charge is 0.481 e. The molecule has 1 atom stereocenters. The lowest BCUT2D eigenvalue weighted by atomic mass is 9.76. The second-order valence-corrected chi connectivity index (χ2v) is 4.86. The Morgan fingerprint density at radius 2 is 1.89 bits per heavy atom. The maximum Gasteiger partial charge on any atom is 0.306 e. The van der Waals surface area contributed by atoms with Crippen molar-refractivity contribution in [2.75, 3.05) is 0 Å². The van der Waals surface area contributed by atoms with E-state index in [9.17, 15) is 14.4 Å². The van der Waals surface area contributed by atoms with Crippen LogP contribution in [0.5, 0.6) is 0 Å². The quantitative estimate of drug-likeness (QED) is 0.498. The summed E-state index contributed by atoms with van der Waals surface area (Å²) in [5, 5.41) is 13.7. The fraction of sp³-hybridized carbons (Fsp3) is 0.636. The van der Waals surface area contributed by atoms with E-state index in [0.717, 1.165) is 0 Å². The molecule has 1 saturated heterocycles. The van der Waals surface area contributed by atoms with E-state index in [1.807, 2.05) is 0 Å². The molecule has 0 aromatic rings. The van der Waals surface area contributed by atoms with Crippen LogP contribution in [-0.2, 0) is 14.4 Å². The Balaban J connectivity index is 2.84. The van der Waals surface area contributed by atoms with Gasteiger partial charge < -0.3 is 15.7 Å². The molecule has 0 spiro atoms. The summed E-state index contributed by atoms with van der Waals surface area (Å²) in [4.78, 5) is 34.6. The van der Waals surface area contributed by atoms with E-state index in [1.54, 1.807) is 13.8 Å². The van der Waals surface area contributed by atoms with Gasteiger partial charge in [-0.3, -0.25) is 14.4 Å². The number of aliphatic carboxylic acids is 1. The van der Waals surface area contributed by atoms with E-state index in [4.69, 9.17) is 17.3 Å². The van der Waals surface area contributed by atoms with Crippen LogP contribution in [0.25, 0.3) is 0 Å². The first kappa shape index (κ1) is 14.6. The predicted octanol–water partition coefficient (Wildman–Crippen LogP) is 0.415. The smallest absolute Gasteiger partial charge is 0.306 e. The van der Waals surface area contributed by atoms with Gasteiger partial charge >= 0.3 is 5.97 Å². The number of carboxylic acids is 1. The number of nitrogens with one attached hydrogen (secondary N) is 2. The van der Waals surface area contributed by atoms with Crippen molar-refractivity contribution in [1.29, 1.82) is 0 Å². The Bertz CT molecular complexity index is 388. The van der Waals surface area contributed by atoms with Crippen LogP contribution in [0.4, 0.5) is 0 Å². The number of rotatable bonds is 5. The van der Waals surface area contributed by atoms with Crippen molar-refractivity contribution in [3.05, 3.63) is 0 Å². The molecule has 0 saturated carbocycles. The Morgan fingerprint density at radius 3 is 2.28 bits per heavy atom. The summed E-state index contributed by atoms with van der Waals surface area (Å²) in [5.74, 6) is -2.43. The molecule has 18 heavy (non-hydrogen) atoms. The van der Waals surface area contributed by atoms with Crippen molar-refractivity contribution in [3.8, 4) is 0 Å². The molecule has 3 N–H and O–H groups in total.